The molecule has 0 saturated carbocycles. The maximum absolute atomic E-state index is 12.1. The number of carbonyl (C=O) groups is 1. The van der Waals surface area contributed by atoms with E-state index in [-0.39, 0.29) is 5.91 Å². The number of ether oxygens (including phenoxy) is 1. The average molecular weight is 403 g/mol. The van der Waals surface area contributed by atoms with Crippen LogP contribution in [0.2, 0.25) is 0 Å². The van der Waals surface area contributed by atoms with Gasteiger partial charge in [0, 0.05) is 4.47 Å². The van der Waals surface area contributed by atoms with Crippen molar-refractivity contribution in [3.05, 3.63) is 63.0 Å². The van der Waals surface area contributed by atoms with Gasteiger partial charge in [-0.3, -0.25) is 4.79 Å². The Balaban J connectivity index is 1.87. The molecule has 0 spiro atoms. The van der Waals surface area contributed by atoms with Crippen molar-refractivity contribution in [2.45, 2.75) is 6.92 Å². The van der Waals surface area contributed by atoms with E-state index in [0.29, 0.717) is 21.5 Å². The van der Waals surface area contributed by atoms with Gasteiger partial charge in [-0.1, -0.05) is 34.1 Å². The van der Waals surface area contributed by atoms with Crippen LogP contribution in [-0.2, 0) is 4.79 Å². The number of benzene rings is 2. The first kappa shape index (κ1) is 16.8. The highest BCUT2D eigenvalue weighted by Crippen LogP contribution is 2.32. The average Bonchev–Trinajstić information content (AvgIpc) is 2.89. The predicted molar refractivity (Wildman–Crippen MR) is 103 cm³/mol. The minimum Gasteiger partial charge on any atom is -0.494 e. The number of aliphatic imine (C=N–C) groups is 1. The molecule has 0 aliphatic carbocycles. The molecule has 122 valence electrons. The topological polar surface area (TPSA) is 50.7 Å². The lowest BCUT2D eigenvalue weighted by molar-refractivity contribution is -0.115. The highest BCUT2D eigenvalue weighted by atomic mass is 79.9. The van der Waals surface area contributed by atoms with Crippen LogP contribution in [0.5, 0.6) is 5.75 Å². The molecular formula is C18H15BrN2O2S. The number of amidine groups is 1. The van der Waals surface area contributed by atoms with E-state index in [2.05, 4.69) is 26.2 Å². The van der Waals surface area contributed by atoms with Gasteiger partial charge in [0.1, 0.15) is 11.4 Å². The van der Waals surface area contributed by atoms with E-state index in [1.807, 2.05) is 55.5 Å². The zero-order valence-corrected chi connectivity index (χ0v) is 15.6. The quantitative estimate of drug-likeness (QED) is 0.759. The summed E-state index contributed by atoms with van der Waals surface area (Å²) in [7, 11) is 1.60. The highest BCUT2D eigenvalue weighted by molar-refractivity contribution is 9.10. The summed E-state index contributed by atoms with van der Waals surface area (Å²) in [6.07, 6.45) is 1.85. The first-order valence-electron chi connectivity index (χ1n) is 7.25. The van der Waals surface area contributed by atoms with Crippen LogP contribution >= 0.6 is 27.7 Å². The molecule has 0 aromatic heterocycles. The van der Waals surface area contributed by atoms with Crippen LogP contribution in [0.25, 0.3) is 6.08 Å². The largest absolute Gasteiger partial charge is 0.494 e. The lowest BCUT2D eigenvalue weighted by Crippen LogP contribution is -2.19. The van der Waals surface area contributed by atoms with E-state index in [0.717, 1.165) is 15.6 Å². The molecule has 2 aromatic carbocycles. The molecule has 1 aliphatic rings. The highest BCUT2D eigenvalue weighted by Gasteiger charge is 2.24. The van der Waals surface area contributed by atoms with Crippen molar-refractivity contribution in [3.8, 4) is 5.75 Å². The van der Waals surface area contributed by atoms with E-state index < -0.39 is 0 Å². The van der Waals surface area contributed by atoms with Crippen LogP contribution < -0.4 is 10.1 Å². The second-order valence-electron chi connectivity index (χ2n) is 5.21. The molecule has 1 aliphatic heterocycles. The fourth-order valence-corrected chi connectivity index (χ4v) is 3.29. The van der Waals surface area contributed by atoms with Crippen LogP contribution in [0.15, 0.2) is 56.8 Å². The lowest BCUT2D eigenvalue weighted by atomic mass is 10.2. The van der Waals surface area contributed by atoms with Crippen LogP contribution in [0.1, 0.15) is 11.1 Å². The van der Waals surface area contributed by atoms with E-state index in [4.69, 9.17) is 4.74 Å². The van der Waals surface area contributed by atoms with Gasteiger partial charge in [-0.25, -0.2) is 4.99 Å². The third kappa shape index (κ3) is 3.88. The van der Waals surface area contributed by atoms with Crippen molar-refractivity contribution in [2.24, 2.45) is 4.99 Å². The van der Waals surface area contributed by atoms with Gasteiger partial charge in [-0.2, -0.15) is 0 Å². The maximum Gasteiger partial charge on any atom is 0.264 e. The van der Waals surface area contributed by atoms with Gasteiger partial charge in [0.15, 0.2) is 5.17 Å². The Morgan fingerprint density at radius 1 is 1.21 bits per heavy atom. The Bertz CT molecular complexity index is 845. The number of halogens is 1. The number of hydrogen-bond donors (Lipinski definition) is 1. The van der Waals surface area contributed by atoms with E-state index >= 15 is 0 Å². The van der Waals surface area contributed by atoms with Crippen LogP contribution in [-0.4, -0.2) is 18.2 Å². The molecule has 1 saturated heterocycles. The number of hydrogen-bond acceptors (Lipinski definition) is 4. The fourth-order valence-electron chi connectivity index (χ4n) is 2.19. The number of methoxy groups -OCH3 is 1. The summed E-state index contributed by atoms with van der Waals surface area (Å²) in [4.78, 5) is 17.3. The van der Waals surface area contributed by atoms with Crippen molar-refractivity contribution in [3.63, 3.8) is 0 Å². The summed E-state index contributed by atoms with van der Waals surface area (Å²) in [5.41, 5.74) is 2.74. The number of aryl methyl sites for hydroxylation is 1. The third-order valence-corrected chi connectivity index (χ3v) is 4.81. The Morgan fingerprint density at radius 2 is 1.96 bits per heavy atom. The Labute approximate surface area is 153 Å². The number of thioether (sulfide) groups is 1. The van der Waals surface area contributed by atoms with Crippen LogP contribution in [0.3, 0.4) is 0 Å². The zero-order chi connectivity index (χ0) is 17.1. The van der Waals surface area contributed by atoms with E-state index in [1.165, 1.54) is 11.8 Å². The van der Waals surface area contributed by atoms with Gasteiger partial charge in [0.2, 0.25) is 0 Å². The molecule has 3 rings (SSSR count). The maximum atomic E-state index is 12.1. The van der Waals surface area contributed by atoms with E-state index in [1.54, 1.807) is 7.11 Å². The van der Waals surface area contributed by atoms with Crippen molar-refractivity contribution >= 4 is 50.5 Å². The first-order valence-corrected chi connectivity index (χ1v) is 8.86. The van der Waals surface area contributed by atoms with Crippen molar-refractivity contribution in [2.75, 3.05) is 7.11 Å². The minimum absolute atomic E-state index is 0.145. The summed E-state index contributed by atoms with van der Waals surface area (Å²) in [5.74, 6) is 0.529. The van der Waals surface area contributed by atoms with Crippen molar-refractivity contribution in [1.82, 2.24) is 5.32 Å². The van der Waals surface area contributed by atoms with Gasteiger partial charge < -0.3 is 10.1 Å². The van der Waals surface area contributed by atoms with E-state index in [9.17, 15) is 4.79 Å². The summed E-state index contributed by atoms with van der Waals surface area (Å²) < 4.78 is 6.32. The smallest absolute Gasteiger partial charge is 0.264 e. The summed E-state index contributed by atoms with van der Waals surface area (Å²) in [6, 6.07) is 13.5. The number of carbonyl (C=O) groups excluding carboxylic acids is 1. The molecule has 24 heavy (non-hydrogen) atoms. The zero-order valence-electron chi connectivity index (χ0n) is 13.2. The monoisotopic (exact) mass is 402 g/mol. The molecule has 0 bridgehead atoms. The number of amides is 1. The molecule has 1 amide bonds. The molecular weight excluding hydrogens is 388 g/mol. The number of nitrogens with zero attached hydrogens (tertiary/aromatic N) is 1. The summed E-state index contributed by atoms with van der Waals surface area (Å²) in [6.45, 7) is 1.99. The van der Waals surface area contributed by atoms with Crippen molar-refractivity contribution in [1.29, 1.82) is 0 Å². The minimum atomic E-state index is -0.145. The molecule has 1 heterocycles. The lowest BCUT2D eigenvalue weighted by Gasteiger charge is -2.05. The second kappa shape index (κ2) is 7.23. The SMILES string of the molecule is COc1ccc(C)cc1N=C1NC(=O)/C(=C/c2ccc(Br)cc2)S1. The van der Waals surface area contributed by atoms with Gasteiger partial charge >= 0.3 is 0 Å². The molecule has 0 atom stereocenters. The van der Waals surface area contributed by atoms with Crippen molar-refractivity contribution < 1.29 is 9.53 Å². The molecule has 1 N–H and O–H groups in total. The number of rotatable bonds is 3. The Morgan fingerprint density at radius 3 is 2.67 bits per heavy atom. The van der Waals surface area contributed by atoms with Gasteiger partial charge in [-0.15, -0.1) is 0 Å². The molecule has 0 unspecified atom stereocenters. The Kier molecular flexibility index (Phi) is 5.06. The standard InChI is InChI=1S/C18H15BrN2O2S/c1-11-3-8-15(23-2)14(9-11)20-18-21-17(22)16(24-18)10-12-4-6-13(19)7-5-12/h3-10H,1-2H3,(H,20,21,22)/b16-10-. The number of nitrogens with one attached hydrogen (secondary N) is 1. The van der Waals surface area contributed by atoms with Gasteiger partial charge in [0.05, 0.1) is 12.0 Å². The molecule has 1 fully saturated rings. The Hall–Kier alpha value is -2.05. The molecule has 0 radical (unpaired) electrons. The molecule has 4 nitrogen and oxygen atoms in total. The fraction of sp³-hybridized carbons (Fsp3) is 0.111. The molecule has 2 aromatic rings. The van der Waals surface area contributed by atoms with Gasteiger partial charge in [0.25, 0.3) is 5.91 Å². The third-order valence-electron chi connectivity index (χ3n) is 3.38. The predicted octanol–water partition coefficient (Wildman–Crippen LogP) is 4.66. The second-order valence-corrected chi connectivity index (χ2v) is 7.15. The molecule has 6 heteroatoms. The first-order chi connectivity index (χ1) is 11.5. The normalized spacial score (nSPS) is 17.4. The summed E-state index contributed by atoms with van der Waals surface area (Å²) >= 11 is 4.72. The van der Waals surface area contributed by atoms with Crippen LogP contribution in [0, 0.1) is 6.92 Å². The van der Waals surface area contributed by atoms with Crippen LogP contribution in [0.4, 0.5) is 5.69 Å². The summed E-state index contributed by atoms with van der Waals surface area (Å²) in [5, 5.41) is 3.34. The van der Waals surface area contributed by atoms with Gasteiger partial charge in [-0.05, 0) is 60.2 Å².